The van der Waals surface area contributed by atoms with E-state index in [-0.39, 0.29) is 30.1 Å². The van der Waals surface area contributed by atoms with Crippen molar-refractivity contribution in [3.8, 4) is 11.5 Å². The Morgan fingerprint density at radius 1 is 1.10 bits per heavy atom. The molecule has 0 radical (unpaired) electrons. The molecule has 29 heavy (non-hydrogen) atoms. The van der Waals surface area contributed by atoms with Crippen molar-refractivity contribution < 1.29 is 14.3 Å². The van der Waals surface area contributed by atoms with E-state index in [4.69, 9.17) is 15.2 Å². The van der Waals surface area contributed by atoms with Crippen LogP contribution in [0, 0.1) is 0 Å². The Bertz CT molecular complexity index is 911. The van der Waals surface area contributed by atoms with Gasteiger partial charge in [0.2, 0.25) is 5.75 Å². The summed E-state index contributed by atoms with van der Waals surface area (Å²) in [6.45, 7) is 7.19. The van der Waals surface area contributed by atoms with Crippen molar-refractivity contribution in [3.05, 3.63) is 40.2 Å². The predicted octanol–water partition coefficient (Wildman–Crippen LogP) is 4.82. The van der Waals surface area contributed by atoms with Gasteiger partial charge >= 0.3 is 0 Å². The molecule has 0 amide bonds. The van der Waals surface area contributed by atoms with Gasteiger partial charge in [-0.2, -0.15) is 0 Å². The molecule has 2 aromatic rings. The Labute approximate surface area is 172 Å². The molecule has 1 aromatic carbocycles. The minimum Gasteiger partial charge on any atom is -0.485 e. The molecule has 0 spiro atoms. The van der Waals surface area contributed by atoms with Gasteiger partial charge in [0.1, 0.15) is 6.61 Å². The number of rotatable bonds is 12. The number of pyridine rings is 1. The van der Waals surface area contributed by atoms with E-state index in [1.807, 2.05) is 19.9 Å². The number of aromatic nitrogens is 1. The van der Waals surface area contributed by atoms with Gasteiger partial charge in [-0.3, -0.25) is 9.59 Å². The zero-order valence-corrected chi connectivity index (χ0v) is 17.7. The summed E-state index contributed by atoms with van der Waals surface area (Å²) >= 11 is 0. The number of unbranched alkanes of at least 4 members (excludes halogenated alkanes) is 5. The average molecular weight is 401 g/mol. The number of carbonyl (C=O) groups is 1. The Morgan fingerprint density at radius 2 is 1.83 bits per heavy atom. The lowest BCUT2D eigenvalue weighted by molar-refractivity contribution is -0.120. The smallest absolute Gasteiger partial charge is 0.298 e. The highest BCUT2D eigenvalue weighted by molar-refractivity contribution is 5.90. The average Bonchev–Trinajstić information content (AvgIpc) is 2.68. The lowest BCUT2D eigenvalue weighted by Gasteiger charge is -2.17. The van der Waals surface area contributed by atoms with Gasteiger partial charge in [-0.05, 0) is 44.5 Å². The van der Waals surface area contributed by atoms with Crippen LogP contribution in [0.5, 0.6) is 11.5 Å². The van der Waals surface area contributed by atoms with E-state index in [1.165, 1.54) is 19.3 Å². The van der Waals surface area contributed by atoms with Gasteiger partial charge in [0.05, 0.1) is 5.52 Å². The van der Waals surface area contributed by atoms with Crippen LogP contribution in [0.3, 0.4) is 0 Å². The minimum atomic E-state index is -0.379. The molecule has 0 aliphatic rings. The quantitative estimate of drug-likeness (QED) is 0.239. The maximum atomic E-state index is 13.1. The van der Waals surface area contributed by atoms with E-state index in [2.05, 4.69) is 6.92 Å². The van der Waals surface area contributed by atoms with Gasteiger partial charge in [0, 0.05) is 17.6 Å². The Hall–Kier alpha value is -2.76. The van der Waals surface area contributed by atoms with Crippen LogP contribution in [0.4, 0.5) is 5.69 Å². The highest BCUT2D eigenvalue weighted by Crippen LogP contribution is 2.34. The third-order valence-electron chi connectivity index (χ3n) is 4.82. The molecule has 2 N–H and O–H groups in total. The maximum absolute atomic E-state index is 13.1. The Kier molecular flexibility index (Phi) is 8.77. The molecule has 2 rings (SSSR count). The zero-order chi connectivity index (χ0) is 21.2. The molecule has 0 unspecified atom stereocenters. The summed E-state index contributed by atoms with van der Waals surface area (Å²) < 4.78 is 12.6. The lowest BCUT2D eigenvalue weighted by atomic mass is 10.1. The van der Waals surface area contributed by atoms with Crippen LogP contribution in [0.15, 0.2) is 34.6 Å². The number of benzene rings is 1. The summed E-state index contributed by atoms with van der Waals surface area (Å²) in [4.78, 5) is 24.2. The molecule has 158 valence electrons. The lowest BCUT2D eigenvalue weighted by Crippen LogP contribution is -2.24. The number of nitrogens with two attached hydrogens (primary N) is 1. The predicted molar refractivity (Wildman–Crippen MR) is 118 cm³/mol. The summed E-state index contributed by atoms with van der Waals surface area (Å²) in [5.41, 5.74) is 7.95. The van der Waals surface area contributed by atoms with E-state index >= 15 is 0 Å². The first-order chi connectivity index (χ1) is 14.0. The summed E-state index contributed by atoms with van der Waals surface area (Å²) in [6, 6.07) is 5.32. The van der Waals surface area contributed by atoms with E-state index in [0.717, 1.165) is 24.8 Å². The fourth-order valence-electron chi connectivity index (χ4n) is 3.27. The van der Waals surface area contributed by atoms with Crippen LogP contribution in [-0.4, -0.2) is 17.6 Å². The van der Waals surface area contributed by atoms with Crippen LogP contribution in [-0.2, 0) is 11.3 Å². The van der Waals surface area contributed by atoms with E-state index in [1.54, 1.807) is 22.8 Å². The molecule has 0 atom stereocenters. The van der Waals surface area contributed by atoms with Crippen LogP contribution in [0.1, 0.15) is 59.3 Å². The standard InChI is InChI=1S/C23H32N2O4/c1-4-5-6-7-8-9-13-25-20-15-18(24)10-11-19(20)21(28-14-12-17(2)3)22(23(25)27)29-16-26/h10-12,15-16H,4-9,13-14,24H2,1-3H3. The number of anilines is 1. The monoisotopic (exact) mass is 400 g/mol. The Balaban J connectivity index is 2.43. The molecule has 0 aliphatic heterocycles. The first kappa shape index (κ1) is 22.5. The summed E-state index contributed by atoms with van der Waals surface area (Å²) in [6.07, 6.45) is 8.58. The number of nitrogen functional groups attached to an aromatic ring is 1. The molecule has 0 bridgehead atoms. The van der Waals surface area contributed by atoms with Crippen molar-refractivity contribution in [3.63, 3.8) is 0 Å². The number of ether oxygens (including phenoxy) is 2. The molecule has 0 aliphatic carbocycles. The fourth-order valence-corrected chi connectivity index (χ4v) is 3.27. The third-order valence-corrected chi connectivity index (χ3v) is 4.82. The topological polar surface area (TPSA) is 83.5 Å². The number of allylic oxidation sites excluding steroid dienone is 1. The van der Waals surface area contributed by atoms with Crippen molar-refractivity contribution in [1.29, 1.82) is 0 Å². The molecule has 6 nitrogen and oxygen atoms in total. The summed E-state index contributed by atoms with van der Waals surface area (Å²) in [7, 11) is 0. The van der Waals surface area contributed by atoms with E-state index in [9.17, 15) is 9.59 Å². The van der Waals surface area contributed by atoms with E-state index in [0.29, 0.717) is 23.1 Å². The second-order valence-electron chi connectivity index (χ2n) is 7.47. The molecule has 1 aromatic heterocycles. The SMILES string of the molecule is CCCCCCCCn1c(=O)c(OC=O)c(OCC=C(C)C)c2ccc(N)cc21. The maximum Gasteiger partial charge on any atom is 0.298 e. The van der Waals surface area contributed by atoms with Crippen LogP contribution in [0.25, 0.3) is 10.9 Å². The van der Waals surface area contributed by atoms with Gasteiger partial charge in [0.25, 0.3) is 12.0 Å². The van der Waals surface area contributed by atoms with Crippen molar-refractivity contribution >= 4 is 23.1 Å². The van der Waals surface area contributed by atoms with Crippen LogP contribution < -0.4 is 20.8 Å². The molecule has 6 heteroatoms. The van der Waals surface area contributed by atoms with Gasteiger partial charge in [-0.1, -0.05) is 44.6 Å². The first-order valence-corrected chi connectivity index (χ1v) is 10.3. The van der Waals surface area contributed by atoms with Gasteiger partial charge < -0.3 is 19.8 Å². The van der Waals surface area contributed by atoms with Crippen LogP contribution in [0.2, 0.25) is 0 Å². The highest BCUT2D eigenvalue weighted by atomic mass is 16.5. The molecule has 0 saturated carbocycles. The highest BCUT2D eigenvalue weighted by Gasteiger charge is 2.20. The molecule has 0 saturated heterocycles. The van der Waals surface area contributed by atoms with Crippen molar-refractivity contribution in [2.45, 2.75) is 65.8 Å². The molecular weight excluding hydrogens is 368 g/mol. The van der Waals surface area contributed by atoms with Gasteiger partial charge in [-0.25, -0.2) is 0 Å². The second-order valence-corrected chi connectivity index (χ2v) is 7.47. The van der Waals surface area contributed by atoms with E-state index < -0.39 is 0 Å². The molecule has 1 heterocycles. The molecule has 0 fully saturated rings. The largest absolute Gasteiger partial charge is 0.485 e. The fraction of sp³-hybridized carbons (Fsp3) is 0.478. The number of fused-ring (bicyclic) bond motifs is 1. The van der Waals surface area contributed by atoms with Crippen molar-refractivity contribution in [2.24, 2.45) is 0 Å². The molecular formula is C23H32N2O4. The summed E-state index contributed by atoms with van der Waals surface area (Å²) in [5, 5.41) is 0.698. The number of carbonyl (C=O) groups excluding carboxylic acids is 1. The van der Waals surface area contributed by atoms with Crippen LogP contribution >= 0.6 is 0 Å². The number of aryl methyl sites for hydroxylation is 1. The van der Waals surface area contributed by atoms with Crippen molar-refractivity contribution in [1.82, 2.24) is 4.57 Å². The normalized spacial score (nSPS) is 10.7. The first-order valence-electron chi connectivity index (χ1n) is 10.3. The number of hydrogen-bond donors (Lipinski definition) is 1. The van der Waals surface area contributed by atoms with Gasteiger partial charge in [0.15, 0.2) is 5.75 Å². The zero-order valence-electron chi connectivity index (χ0n) is 17.7. The summed E-state index contributed by atoms with van der Waals surface area (Å²) in [5.74, 6) is 0.194. The third kappa shape index (κ3) is 6.11. The number of nitrogens with zero attached hydrogens (tertiary/aromatic N) is 1. The second kappa shape index (κ2) is 11.3. The Morgan fingerprint density at radius 3 is 2.52 bits per heavy atom. The van der Waals surface area contributed by atoms with Crippen molar-refractivity contribution in [2.75, 3.05) is 12.3 Å². The minimum absolute atomic E-state index is 0.0783. The van der Waals surface area contributed by atoms with Gasteiger partial charge in [-0.15, -0.1) is 0 Å². The number of hydrogen-bond acceptors (Lipinski definition) is 5.